The Morgan fingerprint density at radius 3 is 2.71 bits per heavy atom. The molecule has 2 atom stereocenters. The standard InChI is InChI=1S/C12H21N3O2/c1-9(16)15-7-3-4-11(15)12(17)14(2)10-5-6-13-8-10/h10-11,13H,3-8H2,1-2H3/t10-,11+/m1/s1. The van der Waals surface area contributed by atoms with Gasteiger partial charge in [-0.05, 0) is 25.8 Å². The maximum atomic E-state index is 12.4. The van der Waals surface area contributed by atoms with Crippen molar-refractivity contribution in [1.82, 2.24) is 15.1 Å². The van der Waals surface area contributed by atoms with Gasteiger partial charge < -0.3 is 15.1 Å². The van der Waals surface area contributed by atoms with Gasteiger partial charge in [0.2, 0.25) is 11.8 Å². The fraction of sp³-hybridized carbons (Fsp3) is 0.833. The Morgan fingerprint density at radius 1 is 1.35 bits per heavy atom. The van der Waals surface area contributed by atoms with Gasteiger partial charge in [-0.2, -0.15) is 0 Å². The molecule has 0 saturated carbocycles. The maximum Gasteiger partial charge on any atom is 0.245 e. The predicted octanol–water partition coefficient (Wildman–Crippen LogP) is -0.182. The minimum Gasteiger partial charge on any atom is -0.340 e. The van der Waals surface area contributed by atoms with Crippen molar-refractivity contribution < 1.29 is 9.59 Å². The van der Waals surface area contributed by atoms with Crippen LogP contribution in [0.3, 0.4) is 0 Å². The lowest BCUT2D eigenvalue weighted by atomic mass is 10.1. The summed E-state index contributed by atoms with van der Waals surface area (Å²) in [5, 5.41) is 3.26. The van der Waals surface area contributed by atoms with Gasteiger partial charge in [0.05, 0.1) is 0 Å². The number of hydrogen-bond donors (Lipinski definition) is 1. The number of carbonyl (C=O) groups is 2. The summed E-state index contributed by atoms with van der Waals surface area (Å²) in [5.74, 6) is 0.116. The molecule has 0 bridgehead atoms. The molecule has 1 N–H and O–H groups in total. The molecule has 5 nitrogen and oxygen atoms in total. The molecule has 0 aromatic rings. The van der Waals surface area contributed by atoms with E-state index in [4.69, 9.17) is 0 Å². The fourth-order valence-corrected chi connectivity index (χ4v) is 2.79. The third-order valence-corrected chi connectivity index (χ3v) is 3.87. The quantitative estimate of drug-likeness (QED) is 0.727. The van der Waals surface area contributed by atoms with Crippen molar-refractivity contribution in [1.29, 1.82) is 0 Å². The average molecular weight is 239 g/mol. The van der Waals surface area contributed by atoms with E-state index in [0.29, 0.717) is 0 Å². The Morgan fingerprint density at radius 2 is 2.12 bits per heavy atom. The van der Waals surface area contributed by atoms with Crippen molar-refractivity contribution >= 4 is 11.8 Å². The van der Waals surface area contributed by atoms with Crippen molar-refractivity contribution in [3.8, 4) is 0 Å². The highest BCUT2D eigenvalue weighted by atomic mass is 16.2. The Bertz CT molecular complexity index is 313. The van der Waals surface area contributed by atoms with Crippen LogP contribution in [0.15, 0.2) is 0 Å². The van der Waals surface area contributed by atoms with Gasteiger partial charge in [-0.25, -0.2) is 0 Å². The predicted molar refractivity (Wildman–Crippen MR) is 64.5 cm³/mol. The Labute approximate surface area is 102 Å². The van der Waals surface area contributed by atoms with Crippen molar-refractivity contribution in [3.63, 3.8) is 0 Å². The summed E-state index contributed by atoms with van der Waals surface area (Å²) in [5.41, 5.74) is 0. The zero-order valence-corrected chi connectivity index (χ0v) is 10.6. The van der Waals surface area contributed by atoms with Crippen molar-refractivity contribution in [3.05, 3.63) is 0 Å². The van der Waals surface area contributed by atoms with Gasteiger partial charge in [-0.3, -0.25) is 9.59 Å². The summed E-state index contributed by atoms with van der Waals surface area (Å²) in [6, 6.07) is 0.0648. The Kier molecular flexibility index (Phi) is 3.66. The van der Waals surface area contributed by atoms with Crippen LogP contribution in [0.5, 0.6) is 0 Å². The number of likely N-dealkylation sites (tertiary alicyclic amines) is 1. The summed E-state index contributed by atoms with van der Waals surface area (Å²) >= 11 is 0. The second kappa shape index (κ2) is 5.04. The molecule has 2 amide bonds. The number of nitrogens with one attached hydrogen (secondary N) is 1. The van der Waals surface area contributed by atoms with Crippen LogP contribution in [-0.4, -0.2) is 60.4 Å². The molecule has 0 radical (unpaired) electrons. The first kappa shape index (κ1) is 12.4. The van der Waals surface area contributed by atoms with Gasteiger partial charge in [0.1, 0.15) is 6.04 Å². The van der Waals surface area contributed by atoms with Crippen molar-refractivity contribution in [2.45, 2.75) is 38.3 Å². The zero-order chi connectivity index (χ0) is 12.4. The third-order valence-electron chi connectivity index (χ3n) is 3.87. The summed E-state index contributed by atoms with van der Waals surface area (Å²) in [7, 11) is 1.86. The van der Waals surface area contributed by atoms with Gasteiger partial charge in [-0.15, -0.1) is 0 Å². The minimum absolute atomic E-state index is 0.0128. The Hall–Kier alpha value is -1.10. The average Bonchev–Trinajstić information content (AvgIpc) is 2.97. The van der Waals surface area contributed by atoms with Gasteiger partial charge in [0.15, 0.2) is 0 Å². The van der Waals surface area contributed by atoms with Crippen LogP contribution in [0, 0.1) is 0 Å². The number of carbonyl (C=O) groups excluding carboxylic acids is 2. The second-order valence-corrected chi connectivity index (χ2v) is 4.97. The largest absolute Gasteiger partial charge is 0.340 e. The normalized spacial score (nSPS) is 28.5. The topological polar surface area (TPSA) is 52.7 Å². The molecule has 0 aromatic heterocycles. The highest BCUT2D eigenvalue weighted by Crippen LogP contribution is 2.20. The molecule has 96 valence electrons. The van der Waals surface area contributed by atoms with Crippen LogP contribution in [-0.2, 0) is 9.59 Å². The molecular formula is C12H21N3O2. The van der Waals surface area contributed by atoms with E-state index in [9.17, 15) is 9.59 Å². The van der Waals surface area contributed by atoms with Gasteiger partial charge in [0, 0.05) is 33.1 Å². The minimum atomic E-state index is -0.224. The molecule has 2 saturated heterocycles. The Balaban J connectivity index is 2.00. The summed E-state index contributed by atoms with van der Waals surface area (Å²) in [6.07, 6.45) is 2.75. The van der Waals surface area contributed by atoms with Crippen LogP contribution in [0.4, 0.5) is 0 Å². The first-order valence-electron chi connectivity index (χ1n) is 6.36. The molecule has 0 aliphatic carbocycles. The van der Waals surface area contributed by atoms with Crippen LogP contribution >= 0.6 is 0 Å². The van der Waals surface area contributed by atoms with Gasteiger partial charge in [0.25, 0.3) is 0 Å². The third kappa shape index (κ3) is 2.44. The van der Waals surface area contributed by atoms with Crippen LogP contribution < -0.4 is 5.32 Å². The van der Waals surface area contributed by atoms with Crippen LogP contribution in [0.25, 0.3) is 0 Å². The molecule has 0 spiro atoms. The van der Waals surface area contributed by atoms with E-state index < -0.39 is 0 Å². The zero-order valence-electron chi connectivity index (χ0n) is 10.6. The SMILES string of the molecule is CC(=O)N1CCC[C@H]1C(=O)N(C)[C@@H]1CCNC1. The fourth-order valence-electron chi connectivity index (χ4n) is 2.79. The van der Waals surface area contributed by atoms with E-state index in [1.165, 1.54) is 0 Å². The molecule has 2 aliphatic rings. The molecule has 0 aromatic carbocycles. The monoisotopic (exact) mass is 239 g/mol. The highest BCUT2D eigenvalue weighted by Gasteiger charge is 2.36. The lowest BCUT2D eigenvalue weighted by Gasteiger charge is -2.30. The van der Waals surface area contributed by atoms with Crippen molar-refractivity contribution in [2.24, 2.45) is 0 Å². The van der Waals surface area contributed by atoms with E-state index in [1.54, 1.807) is 11.8 Å². The maximum absolute atomic E-state index is 12.4. The van der Waals surface area contributed by atoms with Crippen LogP contribution in [0.2, 0.25) is 0 Å². The van der Waals surface area contributed by atoms with Gasteiger partial charge >= 0.3 is 0 Å². The highest BCUT2D eigenvalue weighted by molar-refractivity contribution is 5.87. The molecule has 17 heavy (non-hydrogen) atoms. The molecule has 0 unspecified atom stereocenters. The summed E-state index contributed by atoms with van der Waals surface area (Å²) in [6.45, 7) is 4.11. The van der Waals surface area contributed by atoms with E-state index in [0.717, 1.165) is 38.9 Å². The van der Waals surface area contributed by atoms with E-state index in [1.807, 2.05) is 11.9 Å². The lowest BCUT2D eigenvalue weighted by Crippen LogP contribution is -2.49. The second-order valence-electron chi connectivity index (χ2n) is 4.97. The first-order valence-corrected chi connectivity index (χ1v) is 6.36. The smallest absolute Gasteiger partial charge is 0.245 e. The van der Waals surface area contributed by atoms with Crippen molar-refractivity contribution in [2.75, 3.05) is 26.7 Å². The van der Waals surface area contributed by atoms with E-state index >= 15 is 0 Å². The number of rotatable bonds is 2. The molecule has 2 rings (SSSR count). The van der Waals surface area contributed by atoms with Gasteiger partial charge in [-0.1, -0.05) is 0 Å². The molecular weight excluding hydrogens is 218 g/mol. The van der Waals surface area contributed by atoms with E-state index in [-0.39, 0.29) is 23.9 Å². The molecule has 2 fully saturated rings. The number of hydrogen-bond acceptors (Lipinski definition) is 3. The number of amides is 2. The van der Waals surface area contributed by atoms with E-state index in [2.05, 4.69) is 5.32 Å². The summed E-state index contributed by atoms with van der Waals surface area (Å²) < 4.78 is 0. The first-order chi connectivity index (χ1) is 8.11. The lowest BCUT2D eigenvalue weighted by molar-refractivity contribution is -0.143. The number of likely N-dealkylation sites (N-methyl/N-ethyl adjacent to an activating group) is 1. The number of nitrogens with zero attached hydrogens (tertiary/aromatic N) is 2. The molecule has 5 heteroatoms. The summed E-state index contributed by atoms with van der Waals surface area (Å²) in [4.78, 5) is 27.3. The molecule has 2 aliphatic heterocycles. The molecule has 2 heterocycles. The van der Waals surface area contributed by atoms with Crippen LogP contribution in [0.1, 0.15) is 26.2 Å².